The van der Waals surface area contributed by atoms with Crippen LogP contribution in [0.5, 0.6) is 0 Å². The van der Waals surface area contributed by atoms with Gasteiger partial charge in [-0.2, -0.15) is 0 Å². The Morgan fingerprint density at radius 2 is 1.77 bits per heavy atom. The Labute approximate surface area is 155 Å². The van der Waals surface area contributed by atoms with E-state index in [9.17, 15) is 22.7 Å². The van der Waals surface area contributed by atoms with E-state index in [-0.39, 0.29) is 11.5 Å². The molecule has 0 heterocycles. The van der Waals surface area contributed by atoms with Crippen LogP contribution in [0.4, 0.5) is 4.39 Å². The molecule has 8 heteroatoms. The maximum absolute atomic E-state index is 13.2. The van der Waals surface area contributed by atoms with Crippen LogP contribution in [0.3, 0.4) is 0 Å². The van der Waals surface area contributed by atoms with Gasteiger partial charge in [0.05, 0.1) is 16.8 Å². The average Bonchev–Trinajstić information content (AvgIpc) is 3.27. The van der Waals surface area contributed by atoms with E-state index in [1.807, 2.05) is 0 Å². The minimum atomic E-state index is -3.98. The van der Waals surface area contributed by atoms with E-state index in [4.69, 9.17) is 16.3 Å². The van der Waals surface area contributed by atoms with Gasteiger partial charge >= 0.3 is 5.97 Å². The van der Waals surface area contributed by atoms with Crippen LogP contribution in [0.15, 0.2) is 53.4 Å². The van der Waals surface area contributed by atoms with E-state index >= 15 is 0 Å². The van der Waals surface area contributed by atoms with Gasteiger partial charge in [-0.05, 0) is 42.0 Å². The van der Waals surface area contributed by atoms with Gasteiger partial charge in [-0.3, -0.25) is 4.79 Å². The Morgan fingerprint density at radius 1 is 1.19 bits per heavy atom. The van der Waals surface area contributed by atoms with Crippen molar-refractivity contribution in [1.29, 1.82) is 0 Å². The predicted molar refractivity (Wildman–Crippen MR) is 93.5 cm³/mol. The van der Waals surface area contributed by atoms with Crippen LogP contribution in [0, 0.1) is 11.2 Å². The minimum Gasteiger partial charge on any atom is -0.481 e. The van der Waals surface area contributed by atoms with Crippen LogP contribution in [0.25, 0.3) is 0 Å². The van der Waals surface area contributed by atoms with Crippen molar-refractivity contribution in [3.8, 4) is 0 Å². The van der Waals surface area contributed by atoms with Gasteiger partial charge in [0, 0.05) is 18.1 Å². The van der Waals surface area contributed by atoms with Gasteiger partial charge in [-0.15, -0.1) is 0 Å². The maximum atomic E-state index is 13.2. The molecule has 138 valence electrons. The highest BCUT2D eigenvalue weighted by atomic mass is 35.5. The van der Waals surface area contributed by atoms with Crippen molar-refractivity contribution in [3.63, 3.8) is 0 Å². The van der Waals surface area contributed by atoms with Gasteiger partial charge in [0.2, 0.25) is 0 Å². The van der Waals surface area contributed by atoms with E-state index in [0.29, 0.717) is 10.6 Å². The Balaban J connectivity index is 2.11. The zero-order chi connectivity index (χ0) is 19.1. The molecular formula is C18H16ClFO5S. The third-order valence-corrected chi connectivity index (χ3v) is 7.29. The van der Waals surface area contributed by atoms with Crippen molar-refractivity contribution in [2.75, 3.05) is 13.7 Å². The van der Waals surface area contributed by atoms with Crippen LogP contribution in [0.2, 0.25) is 5.02 Å². The molecule has 1 aliphatic carbocycles. The number of rotatable bonds is 6. The molecule has 26 heavy (non-hydrogen) atoms. The van der Waals surface area contributed by atoms with Crippen molar-refractivity contribution in [1.82, 2.24) is 0 Å². The summed E-state index contributed by atoms with van der Waals surface area (Å²) in [7, 11) is -2.66. The molecule has 0 aromatic heterocycles. The lowest BCUT2D eigenvalue weighted by Crippen LogP contribution is -2.28. The first-order valence-electron chi connectivity index (χ1n) is 7.72. The molecule has 1 saturated carbocycles. The molecule has 0 saturated heterocycles. The molecule has 0 radical (unpaired) electrons. The predicted octanol–water partition coefficient (Wildman–Crippen LogP) is 3.14. The first kappa shape index (κ1) is 18.8. The molecule has 3 atom stereocenters. The smallest absolute Gasteiger partial charge is 0.314 e. The number of hydrogen-bond donors (Lipinski definition) is 1. The second-order valence-electron chi connectivity index (χ2n) is 6.23. The van der Waals surface area contributed by atoms with Gasteiger partial charge in [0.15, 0.2) is 9.84 Å². The number of aliphatic carboxylic acids is 1. The Hall–Kier alpha value is -1.96. The highest BCUT2D eigenvalue weighted by molar-refractivity contribution is 7.92. The molecule has 0 amide bonds. The quantitative estimate of drug-likeness (QED) is 0.808. The largest absolute Gasteiger partial charge is 0.481 e. The minimum absolute atomic E-state index is 0.0155. The number of benzene rings is 2. The lowest BCUT2D eigenvalue weighted by molar-refractivity contribution is -0.145. The number of halogens is 2. The Kier molecular flexibility index (Phi) is 4.81. The third-order valence-electron chi connectivity index (χ3n) is 4.74. The molecule has 0 spiro atoms. The number of ether oxygens (including phenoxy) is 1. The van der Waals surface area contributed by atoms with Crippen molar-refractivity contribution in [2.45, 2.75) is 16.1 Å². The molecular weight excluding hydrogens is 383 g/mol. The highest BCUT2D eigenvalue weighted by Crippen LogP contribution is 2.64. The fraction of sp³-hybridized carbons (Fsp3) is 0.278. The summed E-state index contributed by atoms with van der Waals surface area (Å²) in [4.78, 5) is 12.0. The standard InChI is InChI=1S/C18H16ClFO5S/c1-25-10-18(17(21)22)15(11-2-6-13(20)7-3-11)16(18)26(23,24)14-8-4-12(19)5-9-14/h2-9,15-16H,10H2,1H3,(H,21,22)/t15-,16-,18-/m0/s1. The zero-order valence-corrected chi connectivity index (χ0v) is 15.3. The van der Waals surface area contributed by atoms with Crippen LogP contribution in [-0.4, -0.2) is 38.5 Å². The molecule has 0 bridgehead atoms. The fourth-order valence-electron chi connectivity index (χ4n) is 3.50. The molecule has 0 unspecified atom stereocenters. The summed E-state index contributed by atoms with van der Waals surface area (Å²) in [5.41, 5.74) is -1.20. The summed E-state index contributed by atoms with van der Waals surface area (Å²) >= 11 is 5.81. The topological polar surface area (TPSA) is 80.7 Å². The van der Waals surface area contributed by atoms with Crippen molar-refractivity contribution in [3.05, 3.63) is 64.9 Å². The van der Waals surface area contributed by atoms with E-state index in [1.54, 1.807) is 0 Å². The molecule has 2 aromatic carbocycles. The molecule has 3 rings (SSSR count). The number of carboxylic acids is 1. The van der Waals surface area contributed by atoms with Gasteiger partial charge in [-0.1, -0.05) is 23.7 Å². The van der Waals surface area contributed by atoms with Crippen LogP contribution < -0.4 is 0 Å². The second-order valence-corrected chi connectivity index (χ2v) is 8.73. The molecule has 0 aliphatic heterocycles. The van der Waals surface area contributed by atoms with Crippen molar-refractivity contribution >= 4 is 27.4 Å². The van der Waals surface area contributed by atoms with E-state index in [0.717, 1.165) is 0 Å². The lowest BCUT2D eigenvalue weighted by atomic mass is 10.00. The van der Waals surface area contributed by atoms with Gasteiger partial charge in [0.25, 0.3) is 0 Å². The fourth-order valence-corrected chi connectivity index (χ4v) is 5.98. The van der Waals surface area contributed by atoms with E-state index in [1.165, 1.54) is 55.6 Å². The normalized spacial score (nSPS) is 25.0. The monoisotopic (exact) mass is 398 g/mol. The zero-order valence-electron chi connectivity index (χ0n) is 13.7. The number of carbonyl (C=O) groups is 1. The summed E-state index contributed by atoms with van der Waals surface area (Å²) in [6.45, 7) is -0.276. The van der Waals surface area contributed by atoms with Crippen LogP contribution in [-0.2, 0) is 19.4 Å². The van der Waals surface area contributed by atoms with Gasteiger partial charge < -0.3 is 9.84 Å². The Bertz CT molecular complexity index is 927. The summed E-state index contributed by atoms with van der Waals surface area (Å²) < 4.78 is 44.5. The van der Waals surface area contributed by atoms with Crippen molar-refractivity contribution < 1.29 is 27.4 Å². The van der Waals surface area contributed by atoms with Crippen molar-refractivity contribution in [2.24, 2.45) is 5.41 Å². The molecule has 2 aromatic rings. The van der Waals surface area contributed by atoms with Gasteiger partial charge in [0.1, 0.15) is 11.2 Å². The maximum Gasteiger partial charge on any atom is 0.314 e. The number of hydrogen-bond acceptors (Lipinski definition) is 4. The molecule has 1 aliphatic rings. The SMILES string of the molecule is COC[C@]1(C(=O)O)[C@@H](c2ccc(F)cc2)[C@@H]1S(=O)(=O)c1ccc(Cl)cc1. The third kappa shape index (κ3) is 2.90. The highest BCUT2D eigenvalue weighted by Gasteiger charge is 2.76. The first-order valence-corrected chi connectivity index (χ1v) is 9.65. The summed E-state index contributed by atoms with van der Waals surface area (Å²) in [5.74, 6) is -2.60. The average molecular weight is 399 g/mol. The molecule has 1 N–H and O–H groups in total. The molecule has 1 fully saturated rings. The van der Waals surface area contributed by atoms with E-state index in [2.05, 4.69) is 0 Å². The number of carboxylic acid groups (broad SMARTS) is 1. The summed E-state index contributed by atoms with van der Waals surface area (Å²) in [5, 5.41) is 8.95. The van der Waals surface area contributed by atoms with Crippen LogP contribution in [0.1, 0.15) is 11.5 Å². The number of methoxy groups -OCH3 is 1. The Morgan fingerprint density at radius 3 is 2.27 bits per heavy atom. The molecule has 5 nitrogen and oxygen atoms in total. The summed E-state index contributed by atoms with van der Waals surface area (Å²) in [6.07, 6.45) is 0. The van der Waals surface area contributed by atoms with E-state index < -0.39 is 38.2 Å². The number of sulfone groups is 1. The van der Waals surface area contributed by atoms with Crippen LogP contribution >= 0.6 is 11.6 Å². The lowest BCUT2D eigenvalue weighted by Gasteiger charge is -2.12. The first-order chi connectivity index (χ1) is 12.2. The van der Waals surface area contributed by atoms with Gasteiger partial charge in [-0.25, -0.2) is 12.8 Å². The summed E-state index contributed by atoms with van der Waals surface area (Å²) in [6, 6.07) is 10.7. The second kappa shape index (κ2) is 6.64.